The summed E-state index contributed by atoms with van der Waals surface area (Å²) in [6.45, 7) is 1.64. The minimum Gasteiger partial charge on any atom is -0.497 e. The molecule has 0 spiro atoms. The quantitative estimate of drug-likeness (QED) is 0.747. The normalized spacial score (nSPS) is 10.8. The van der Waals surface area contributed by atoms with Gasteiger partial charge in [0.2, 0.25) is 0 Å². The van der Waals surface area contributed by atoms with Crippen LogP contribution in [-0.4, -0.2) is 17.3 Å². The number of H-pyrrole nitrogens is 1. The maximum atomic E-state index is 5.22. The molecule has 0 aliphatic rings. The summed E-state index contributed by atoms with van der Waals surface area (Å²) in [6.07, 6.45) is 1.84. The van der Waals surface area contributed by atoms with Crippen molar-refractivity contribution in [3.05, 3.63) is 59.8 Å². The Kier molecular flexibility index (Phi) is 3.65. The van der Waals surface area contributed by atoms with Crippen molar-refractivity contribution in [2.45, 2.75) is 13.1 Å². The van der Waals surface area contributed by atoms with Crippen molar-refractivity contribution < 1.29 is 4.74 Å². The Bertz CT molecular complexity index is 706. The molecule has 1 heterocycles. The maximum Gasteiger partial charge on any atom is 0.119 e. The summed E-state index contributed by atoms with van der Waals surface area (Å²) in [5.41, 5.74) is 3.53. The summed E-state index contributed by atoms with van der Waals surface area (Å²) in [5.74, 6) is 0.892. The van der Waals surface area contributed by atoms with Crippen LogP contribution in [0, 0.1) is 0 Å². The van der Waals surface area contributed by atoms with Gasteiger partial charge in [0.05, 0.1) is 18.8 Å². The number of nitrogens with one attached hydrogen (secondary N) is 2. The number of nitrogens with zero attached hydrogens (tertiary/aromatic N) is 1. The standard InChI is InChI=1S/C16H17N3O/c1-20-15-4-2-3-12(7-15)9-17-10-13-5-6-14-11-18-19-16(14)8-13/h2-8,11,17H,9-10H2,1H3,(H,18,19). The predicted octanol–water partition coefficient (Wildman–Crippen LogP) is 2.86. The highest BCUT2D eigenvalue weighted by Crippen LogP contribution is 2.14. The first-order chi connectivity index (χ1) is 9.85. The lowest BCUT2D eigenvalue weighted by atomic mass is 10.1. The van der Waals surface area contributed by atoms with Gasteiger partial charge in [0.15, 0.2) is 0 Å². The van der Waals surface area contributed by atoms with Crippen molar-refractivity contribution in [2.75, 3.05) is 7.11 Å². The largest absolute Gasteiger partial charge is 0.497 e. The summed E-state index contributed by atoms with van der Waals surface area (Å²) in [5, 5.41) is 11.6. The van der Waals surface area contributed by atoms with Crippen LogP contribution < -0.4 is 10.1 Å². The summed E-state index contributed by atoms with van der Waals surface area (Å²) in [7, 11) is 1.69. The van der Waals surface area contributed by atoms with E-state index in [0.29, 0.717) is 0 Å². The third-order valence-electron chi connectivity index (χ3n) is 3.30. The second-order valence-electron chi connectivity index (χ2n) is 4.75. The molecule has 0 amide bonds. The molecule has 0 atom stereocenters. The molecule has 2 N–H and O–H groups in total. The van der Waals surface area contributed by atoms with Gasteiger partial charge in [-0.05, 0) is 29.3 Å². The molecule has 102 valence electrons. The lowest BCUT2D eigenvalue weighted by molar-refractivity contribution is 0.414. The van der Waals surface area contributed by atoms with Crippen molar-refractivity contribution in [2.24, 2.45) is 0 Å². The van der Waals surface area contributed by atoms with E-state index in [1.54, 1.807) is 7.11 Å². The Hall–Kier alpha value is -2.33. The molecule has 0 saturated heterocycles. The second-order valence-corrected chi connectivity index (χ2v) is 4.75. The lowest BCUT2D eigenvalue weighted by Crippen LogP contribution is -2.12. The zero-order valence-corrected chi connectivity index (χ0v) is 11.4. The van der Waals surface area contributed by atoms with Gasteiger partial charge in [-0.15, -0.1) is 0 Å². The first-order valence-corrected chi connectivity index (χ1v) is 6.61. The lowest BCUT2D eigenvalue weighted by Gasteiger charge is -2.07. The average Bonchev–Trinajstić information content (AvgIpc) is 2.95. The topological polar surface area (TPSA) is 49.9 Å². The Morgan fingerprint density at radius 1 is 1.10 bits per heavy atom. The second kappa shape index (κ2) is 5.75. The van der Waals surface area contributed by atoms with E-state index in [2.05, 4.69) is 39.8 Å². The number of hydrogen-bond donors (Lipinski definition) is 2. The van der Waals surface area contributed by atoms with E-state index in [-0.39, 0.29) is 0 Å². The van der Waals surface area contributed by atoms with Gasteiger partial charge in [0, 0.05) is 18.5 Å². The highest BCUT2D eigenvalue weighted by Gasteiger charge is 1.99. The molecule has 0 radical (unpaired) electrons. The highest BCUT2D eigenvalue weighted by atomic mass is 16.5. The molecule has 3 aromatic rings. The molecule has 0 saturated carbocycles. The zero-order chi connectivity index (χ0) is 13.8. The van der Waals surface area contributed by atoms with E-state index in [4.69, 9.17) is 4.74 Å². The Balaban J connectivity index is 1.61. The predicted molar refractivity (Wildman–Crippen MR) is 79.6 cm³/mol. The van der Waals surface area contributed by atoms with Gasteiger partial charge in [-0.1, -0.05) is 24.3 Å². The molecule has 2 aromatic carbocycles. The Morgan fingerprint density at radius 3 is 2.80 bits per heavy atom. The number of benzene rings is 2. The van der Waals surface area contributed by atoms with E-state index < -0.39 is 0 Å². The molecule has 0 unspecified atom stereocenters. The van der Waals surface area contributed by atoms with Gasteiger partial charge in [-0.25, -0.2) is 0 Å². The van der Waals surface area contributed by atoms with Crippen molar-refractivity contribution in [1.29, 1.82) is 0 Å². The fourth-order valence-electron chi connectivity index (χ4n) is 2.23. The Morgan fingerprint density at radius 2 is 1.95 bits per heavy atom. The molecule has 1 aromatic heterocycles. The minimum atomic E-state index is 0.818. The molecule has 20 heavy (non-hydrogen) atoms. The molecule has 0 fully saturated rings. The van der Waals surface area contributed by atoms with E-state index in [0.717, 1.165) is 29.7 Å². The van der Waals surface area contributed by atoms with Gasteiger partial charge in [0.25, 0.3) is 0 Å². The van der Waals surface area contributed by atoms with E-state index in [1.165, 1.54) is 11.1 Å². The summed E-state index contributed by atoms with van der Waals surface area (Å²) in [4.78, 5) is 0. The van der Waals surface area contributed by atoms with Gasteiger partial charge < -0.3 is 10.1 Å². The van der Waals surface area contributed by atoms with E-state index >= 15 is 0 Å². The number of aromatic amines is 1. The molecule has 4 heteroatoms. The van der Waals surface area contributed by atoms with E-state index in [1.807, 2.05) is 24.4 Å². The van der Waals surface area contributed by atoms with Crippen LogP contribution in [0.3, 0.4) is 0 Å². The third-order valence-corrected chi connectivity index (χ3v) is 3.30. The molecule has 0 aliphatic carbocycles. The fourth-order valence-corrected chi connectivity index (χ4v) is 2.23. The van der Waals surface area contributed by atoms with E-state index in [9.17, 15) is 0 Å². The molecule has 0 bridgehead atoms. The molecular formula is C16H17N3O. The minimum absolute atomic E-state index is 0.818. The number of rotatable bonds is 5. The number of ether oxygens (including phenoxy) is 1. The van der Waals surface area contributed by atoms with Crippen LogP contribution in [0.1, 0.15) is 11.1 Å². The van der Waals surface area contributed by atoms with Crippen LogP contribution in [0.25, 0.3) is 10.9 Å². The number of fused-ring (bicyclic) bond motifs is 1. The average molecular weight is 267 g/mol. The SMILES string of the molecule is COc1cccc(CNCc2ccc3cn[nH]c3c2)c1. The van der Waals surface area contributed by atoms with Gasteiger partial charge in [-0.3, -0.25) is 5.10 Å². The monoisotopic (exact) mass is 267 g/mol. The van der Waals surface area contributed by atoms with Crippen molar-refractivity contribution in [3.63, 3.8) is 0 Å². The summed E-state index contributed by atoms with van der Waals surface area (Å²) >= 11 is 0. The number of aromatic nitrogens is 2. The fraction of sp³-hybridized carbons (Fsp3) is 0.188. The summed E-state index contributed by atoms with van der Waals surface area (Å²) in [6, 6.07) is 14.4. The van der Waals surface area contributed by atoms with Gasteiger partial charge in [0.1, 0.15) is 5.75 Å². The van der Waals surface area contributed by atoms with Crippen molar-refractivity contribution in [1.82, 2.24) is 15.5 Å². The van der Waals surface area contributed by atoms with Crippen LogP contribution in [0.15, 0.2) is 48.7 Å². The maximum absolute atomic E-state index is 5.22. The first-order valence-electron chi connectivity index (χ1n) is 6.61. The van der Waals surface area contributed by atoms with Gasteiger partial charge in [-0.2, -0.15) is 5.10 Å². The van der Waals surface area contributed by atoms with Crippen LogP contribution in [0.5, 0.6) is 5.75 Å². The van der Waals surface area contributed by atoms with Crippen molar-refractivity contribution >= 4 is 10.9 Å². The highest BCUT2D eigenvalue weighted by molar-refractivity contribution is 5.78. The molecule has 4 nitrogen and oxygen atoms in total. The molecule has 3 rings (SSSR count). The van der Waals surface area contributed by atoms with Crippen LogP contribution in [0.4, 0.5) is 0 Å². The zero-order valence-electron chi connectivity index (χ0n) is 11.4. The third kappa shape index (κ3) is 2.81. The molecular weight excluding hydrogens is 250 g/mol. The first kappa shape index (κ1) is 12.7. The Labute approximate surface area is 117 Å². The van der Waals surface area contributed by atoms with Crippen molar-refractivity contribution in [3.8, 4) is 5.75 Å². The van der Waals surface area contributed by atoms with Crippen LogP contribution in [0.2, 0.25) is 0 Å². The molecule has 0 aliphatic heterocycles. The number of methoxy groups -OCH3 is 1. The number of hydrogen-bond acceptors (Lipinski definition) is 3. The smallest absolute Gasteiger partial charge is 0.119 e. The van der Waals surface area contributed by atoms with Gasteiger partial charge >= 0.3 is 0 Å². The van der Waals surface area contributed by atoms with Crippen LogP contribution >= 0.6 is 0 Å². The van der Waals surface area contributed by atoms with Crippen LogP contribution in [-0.2, 0) is 13.1 Å². The summed E-state index contributed by atoms with van der Waals surface area (Å²) < 4.78 is 5.22.